The number of sulfone groups is 1. The molecular formula is C16H21N3O3S2. The first kappa shape index (κ1) is 17.3. The second kappa shape index (κ2) is 7.16. The normalized spacial score (nSPS) is 19.8. The molecule has 0 radical (unpaired) electrons. The van der Waals surface area contributed by atoms with Gasteiger partial charge in [-0.15, -0.1) is 5.10 Å². The fourth-order valence-corrected chi connectivity index (χ4v) is 5.03. The highest BCUT2D eigenvalue weighted by atomic mass is 32.2. The molecule has 1 aliphatic rings. The van der Waals surface area contributed by atoms with E-state index in [0.717, 1.165) is 6.54 Å². The maximum absolute atomic E-state index is 11.5. The smallest absolute Gasteiger partial charge is 0.288 e. The van der Waals surface area contributed by atoms with Gasteiger partial charge in [0.25, 0.3) is 4.84 Å². The maximum Gasteiger partial charge on any atom is 0.288 e. The lowest BCUT2D eigenvalue weighted by Crippen LogP contribution is -2.22. The van der Waals surface area contributed by atoms with Gasteiger partial charge in [0.2, 0.25) is 5.89 Å². The van der Waals surface area contributed by atoms with Crippen LogP contribution in [0.5, 0.6) is 0 Å². The standard InChI is InChI=1S/C16H21N3O3S2/c1-18(10-13-5-3-2-4-6-13)12-19-16(23)22-15(17-19)9-14-7-8-24(20,21)11-14/h2-6,14H,7-12H2,1H3/t14-/m0/s1. The van der Waals surface area contributed by atoms with Crippen LogP contribution in [0.3, 0.4) is 0 Å². The molecule has 1 aromatic carbocycles. The Bertz CT molecular complexity index is 843. The van der Waals surface area contributed by atoms with E-state index in [1.54, 1.807) is 4.68 Å². The zero-order valence-corrected chi connectivity index (χ0v) is 15.2. The molecule has 1 fully saturated rings. The molecular weight excluding hydrogens is 346 g/mol. The molecule has 1 atom stereocenters. The van der Waals surface area contributed by atoms with Crippen molar-refractivity contribution in [3.63, 3.8) is 0 Å². The van der Waals surface area contributed by atoms with Crippen LogP contribution in [-0.4, -0.2) is 41.7 Å². The predicted octanol–water partition coefficient (Wildman–Crippen LogP) is 2.27. The van der Waals surface area contributed by atoms with Crippen molar-refractivity contribution in [2.24, 2.45) is 5.92 Å². The number of aromatic nitrogens is 2. The van der Waals surface area contributed by atoms with Gasteiger partial charge in [-0.05, 0) is 37.2 Å². The van der Waals surface area contributed by atoms with Crippen molar-refractivity contribution in [2.45, 2.75) is 26.1 Å². The third kappa shape index (κ3) is 4.52. The topological polar surface area (TPSA) is 68.3 Å². The number of benzene rings is 1. The van der Waals surface area contributed by atoms with Crippen molar-refractivity contribution in [3.05, 3.63) is 46.6 Å². The Morgan fingerprint density at radius 2 is 2.12 bits per heavy atom. The summed E-state index contributed by atoms with van der Waals surface area (Å²) in [6, 6.07) is 10.2. The third-order valence-electron chi connectivity index (χ3n) is 4.11. The van der Waals surface area contributed by atoms with Crippen molar-refractivity contribution in [1.82, 2.24) is 14.7 Å². The highest BCUT2D eigenvalue weighted by Crippen LogP contribution is 2.22. The van der Waals surface area contributed by atoms with Crippen molar-refractivity contribution in [1.29, 1.82) is 0 Å². The molecule has 0 amide bonds. The Balaban J connectivity index is 1.61. The van der Waals surface area contributed by atoms with E-state index >= 15 is 0 Å². The molecule has 24 heavy (non-hydrogen) atoms. The Morgan fingerprint density at radius 1 is 1.38 bits per heavy atom. The predicted molar refractivity (Wildman–Crippen MR) is 93.7 cm³/mol. The Hall–Kier alpha value is -1.51. The summed E-state index contributed by atoms with van der Waals surface area (Å²) in [5.74, 6) is 1.09. The van der Waals surface area contributed by atoms with Crippen molar-refractivity contribution in [3.8, 4) is 0 Å². The summed E-state index contributed by atoms with van der Waals surface area (Å²) in [5.41, 5.74) is 1.21. The summed E-state index contributed by atoms with van der Waals surface area (Å²) >= 11 is 5.23. The largest absolute Gasteiger partial charge is 0.414 e. The van der Waals surface area contributed by atoms with Gasteiger partial charge in [-0.2, -0.15) is 0 Å². The van der Waals surface area contributed by atoms with Crippen LogP contribution in [-0.2, 0) is 29.5 Å². The van der Waals surface area contributed by atoms with Crippen molar-refractivity contribution < 1.29 is 12.8 Å². The summed E-state index contributed by atoms with van der Waals surface area (Å²) in [7, 11) is -0.890. The average Bonchev–Trinajstić information content (AvgIpc) is 3.02. The first-order valence-corrected chi connectivity index (χ1v) is 10.1. The van der Waals surface area contributed by atoms with E-state index in [9.17, 15) is 8.42 Å². The quantitative estimate of drug-likeness (QED) is 0.730. The number of hydrogen-bond acceptors (Lipinski definition) is 6. The molecule has 0 bridgehead atoms. The maximum atomic E-state index is 11.5. The molecule has 6 nitrogen and oxygen atoms in total. The van der Waals surface area contributed by atoms with Gasteiger partial charge in [0, 0.05) is 13.0 Å². The van der Waals surface area contributed by atoms with Gasteiger partial charge >= 0.3 is 0 Å². The van der Waals surface area contributed by atoms with Crippen LogP contribution in [0.1, 0.15) is 17.9 Å². The molecule has 1 aromatic heterocycles. The van der Waals surface area contributed by atoms with Crippen LogP contribution < -0.4 is 0 Å². The second-order valence-electron chi connectivity index (χ2n) is 6.38. The molecule has 0 spiro atoms. The molecule has 0 N–H and O–H groups in total. The lowest BCUT2D eigenvalue weighted by atomic mass is 10.1. The second-order valence-corrected chi connectivity index (χ2v) is 8.95. The van der Waals surface area contributed by atoms with Crippen molar-refractivity contribution in [2.75, 3.05) is 18.6 Å². The summed E-state index contributed by atoms with van der Waals surface area (Å²) in [4.78, 5) is 2.42. The van der Waals surface area contributed by atoms with Crippen LogP contribution in [0.25, 0.3) is 0 Å². The number of hydrogen-bond donors (Lipinski definition) is 0. The fourth-order valence-electron chi connectivity index (χ4n) is 2.97. The van der Waals surface area contributed by atoms with E-state index in [1.807, 2.05) is 25.2 Å². The van der Waals surface area contributed by atoms with Gasteiger partial charge in [0.15, 0.2) is 9.84 Å². The molecule has 2 heterocycles. The van der Waals surface area contributed by atoms with Gasteiger partial charge in [-0.1, -0.05) is 30.3 Å². The summed E-state index contributed by atoms with van der Waals surface area (Å²) in [6.07, 6.45) is 1.20. The number of rotatable bonds is 6. The van der Waals surface area contributed by atoms with E-state index < -0.39 is 9.84 Å². The SMILES string of the molecule is CN(Cc1ccccc1)Cn1nc(C[C@@H]2CCS(=O)(=O)C2)oc1=S. The Labute approximate surface area is 147 Å². The lowest BCUT2D eigenvalue weighted by molar-refractivity contribution is 0.240. The summed E-state index contributed by atoms with van der Waals surface area (Å²) in [6.45, 7) is 1.31. The van der Waals surface area contributed by atoms with Crippen LogP contribution in [0.15, 0.2) is 34.7 Å². The average molecular weight is 367 g/mol. The minimum atomic E-state index is -2.88. The molecule has 8 heteroatoms. The molecule has 1 aliphatic heterocycles. The molecule has 0 unspecified atom stereocenters. The molecule has 2 aromatic rings. The van der Waals surface area contributed by atoms with Gasteiger partial charge < -0.3 is 4.42 Å². The first-order chi connectivity index (χ1) is 11.4. The monoisotopic (exact) mass is 367 g/mol. The van der Waals surface area contributed by atoms with E-state index in [1.165, 1.54) is 5.56 Å². The van der Waals surface area contributed by atoms with Crippen LogP contribution in [0.4, 0.5) is 0 Å². The molecule has 0 saturated carbocycles. The minimum Gasteiger partial charge on any atom is -0.414 e. The summed E-state index contributed by atoms with van der Waals surface area (Å²) < 4.78 is 30.3. The summed E-state index contributed by atoms with van der Waals surface area (Å²) in [5, 5.41) is 4.41. The van der Waals surface area contributed by atoms with E-state index in [0.29, 0.717) is 30.2 Å². The van der Waals surface area contributed by atoms with Crippen LogP contribution in [0.2, 0.25) is 0 Å². The van der Waals surface area contributed by atoms with Gasteiger partial charge in [0.05, 0.1) is 18.2 Å². The third-order valence-corrected chi connectivity index (χ3v) is 6.24. The Kier molecular flexibility index (Phi) is 5.17. The molecule has 130 valence electrons. The van der Waals surface area contributed by atoms with E-state index in [2.05, 4.69) is 22.1 Å². The van der Waals surface area contributed by atoms with Gasteiger partial charge in [-0.3, -0.25) is 4.90 Å². The van der Waals surface area contributed by atoms with Crippen molar-refractivity contribution >= 4 is 22.1 Å². The Morgan fingerprint density at radius 3 is 2.79 bits per heavy atom. The van der Waals surface area contributed by atoms with Gasteiger partial charge in [0.1, 0.15) is 0 Å². The zero-order chi connectivity index (χ0) is 17.2. The minimum absolute atomic E-state index is 0.0820. The fraction of sp³-hybridized carbons (Fsp3) is 0.500. The lowest BCUT2D eigenvalue weighted by Gasteiger charge is -2.15. The van der Waals surface area contributed by atoms with Crippen LogP contribution in [0, 0.1) is 10.8 Å². The zero-order valence-electron chi connectivity index (χ0n) is 13.6. The van der Waals surface area contributed by atoms with Crippen LogP contribution >= 0.6 is 12.2 Å². The molecule has 1 saturated heterocycles. The van der Waals surface area contributed by atoms with E-state index in [-0.39, 0.29) is 17.4 Å². The highest BCUT2D eigenvalue weighted by molar-refractivity contribution is 7.91. The van der Waals surface area contributed by atoms with Gasteiger partial charge in [-0.25, -0.2) is 13.1 Å². The first-order valence-electron chi connectivity index (χ1n) is 7.91. The number of nitrogens with zero attached hydrogens (tertiary/aromatic N) is 3. The molecule has 0 aliphatic carbocycles. The highest BCUT2D eigenvalue weighted by Gasteiger charge is 2.29. The molecule has 3 rings (SSSR count). The van der Waals surface area contributed by atoms with E-state index in [4.69, 9.17) is 16.6 Å².